The van der Waals surface area contributed by atoms with Crippen molar-refractivity contribution in [2.75, 3.05) is 18.5 Å². The van der Waals surface area contributed by atoms with E-state index in [9.17, 15) is 4.79 Å². The Kier molecular flexibility index (Phi) is 7.99. The Morgan fingerprint density at radius 1 is 1.03 bits per heavy atom. The molecule has 2 heterocycles. The fourth-order valence-corrected chi connectivity index (χ4v) is 4.27. The number of thioether (sulfide) groups is 1. The van der Waals surface area contributed by atoms with Gasteiger partial charge in [-0.15, -0.1) is 0 Å². The highest BCUT2D eigenvalue weighted by Gasteiger charge is 2.11. The summed E-state index contributed by atoms with van der Waals surface area (Å²) >= 11 is 1.59. The van der Waals surface area contributed by atoms with Crippen molar-refractivity contribution >= 4 is 23.5 Å². The molecule has 0 fully saturated rings. The van der Waals surface area contributed by atoms with Crippen LogP contribution in [0.5, 0.6) is 0 Å². The Balaban J connectivity index is 1.43. The van der Waals surface area contributed by atoms with Gasteiger partial charge in [0.25, 0.3) is 5.91 Å². The number of aromatic nitrogens is 2. The molecule has 0 bridgehead atoms. The molecule has 4 rings (SSSR count). The summed E-state index contributed by atoms with van der Waals surface area (Å²) in [4.78, 5) is 24.1. The number of nitrogens with zero attached hydrogens (tertiary/aromatic N) is 3. The van der Waals surface area contributed by atoms with Crippen molar-refractivity contribution in [3.8, 4) is 11.3 Å². The first kappa shape index (κ1) is 23.6. The molecule has 174 valence electrons. The zero-order chi connectivity index (χ0) is 23.8. The van der Waals surface area contributed by atoms with Crippen LogP contribution in [0.2, 0.25) is 0 Å². The highest BCUT2D eigenvalue weighted by atomic mass is 32.2. The molecule has 4 aromatic rings. The number of carbonyl (C=O) groups excluding carboxylic acids is 1. The number of rotatable bonds is 10. The topological polar surface area (TPSA) is 71.3 Å². The Hall–Kier alpha value is -3.58. The quantitative estimate of drug-likeness (QED) is 0.232. The van der Waals surface area contributed by atoms with Crippen molar-refractivity contribution in [1.29, 1.82) is 0 Å². The largest absolute Gasteiger partial charge is 0.467 e. The smallest absolute Gasteiger partial charge is 0.251 e. The van der Waals surface area contributed by atoms with Crippen LogP contribution in [0.4, 0.5) is 5.82 Å². The Morgan fingerprint density at radius 2 is 1.82 bits per heavy atom. The first-order valence-electron chi connectivity index (χ1n) is 11.3. The van der Waals surface area contributed by atoms with Crippen molar-refractivity contribution in [2.24, 2.45) is 0 Å². The van der Waals surface area contributed by atoms with E-state index in [-0.39, 0.29) is 5.91 Å². The maximum atomic E-state index is 12.4. The molecule has 34 heavy (non-hydrogen) atoms. The minimum atomic E-state index is -0.127. The number of carbonyl (C=O) groups is 1. The summed E-state index contributed by atoms with van der Waals surface area (Å²) < 4.78 is 5.25. The SMILES string of the molecule is CCCN(C)c1cc(-c2ccccc2)nc(SCc2ccc(C(=O)NCc3ccco3)cc2)n1. The molecule has 6 nitrogen and oxygen atoms in total. The number of furan rings is 1. The van der Waals surface area contributed by atoms with E-state index in [0.29, 0.717) is 17.9 Å². The van der Waals surface area contributed by atoms with Crippen LogP contribution in [0, 0.1) is 0 Å². The number of hydrogen-bond acceptors (Lipinski definition) is 6. The van der Waals surface area contributed by atoms with Gasteiger partial charge in [0.2, 0.25) is 0 Å². The number of amides is 1. The van der Waals surface area contributed by atoms with Gasteiger partial charge in [0.15, 0.2) is 5.16 Å². The molecule has 0 unspecified atom stereocenters. The summed E-state index contributed by atoms with van der Waals surface area (Å²) in [6.07, 6.45) is 2.64. The standard InChI is InChI=1S/C27H28N4O2S/c1-3-15-31(2)25-17-24(21-8-5-4-6-9-21)29-27(30-25)34-19-20-11-13-22(14-12-20)26(32)28-18-23-10-7-16-33-23/h4-14,16-17H,3,15,18-19H2,1-2H3,(H,28,32). The molecule has 0 aliphatic carbocycles. The zero-order valence-electron chi connectivity index (χ0n) is 19.4. The predicted molar refractivity (Wildman–Crippen MR) is 137 cm³/mol. The van der Waals surface area contributed by atoms with Crippen molar-refractivity contribution in [3.05, 3.63) is 95.9 Å². The van der Waals surface area contributed by atoms with E-state index in [2.05, 4.69) is 36.3 Å². The fourth-order valence-electron chi connectivity index (χ4n) is 3.46. The van der Waals surface area contributed by atoms with Crippen LogP contribution in [-0.2, 0) is 12.3 Å². The van der Waals surface area contributed by atoms with E-state index in [1.54, 1.807) is 24.1 Å². The van der Waals surface area contributed by atoms with Crippen molar-refractivity contribution in [3.63, 3.8) is 0 Å². The molecule has 0 spiro atoms. The lowest BCUT2D eigenvalue weighted by Crippen LogP contribution is -2.22. The van der Waals surface area contributed by atoms with Gasteiger partial charge in [-0.1, -0.05) is 61.2 Å². The van der Waals surface area contributed by atoms with E-state index < -0.39 is 0 Å². The molecule has 1 amide bonds. The molecule has 0 aliphatic rings. The molecule has 0 saturated heterocycles. The van der Waals surface area contributed by atoms with Crippen molar-refractivity contribution in [1.82, 2.24) is 15.3 Å². The fraction of sp³-hybridized carbons (Fsp3) is 0.222. The molecule has 7 heteroatoms. The van der Waals surface area contributed by atoms with Crippen LogP contribution in [-0.4, -0.2) is 29.5 Å². The normalized spacial score (nSPS) is 10.8. The monoisotopic (exact) mass is 472 g/mol. The molecule has 1 N–H and O–H groups in total. The maximum absolute atomic E-state index is 12.4. The lowest BCUT2D eigenvalue weighted by Gasteiger charge is -2.18. The van der Waals surface area contributed by atoms with Crippen LogP contribution >= 0.6 is 11.8 Å². The second kappa shape index (κ2) is 11.5. The second-order valence-corrected chi connectivity index (χ2v) is 8.87. The van der Waals surface area contributed by atoms with Crippen LogP contribution in [0.3, 0.4) is 0 Å². The van der Waals surface area contributed by atoms with E-state index in [1.165, 1.54) is 0 Å². The molecule has 2 aromatic carbocycles. The lowest BCUT2D eigenvalue weighted by molar-refractivity contribution is 0.0948. The average Bonchev–Trinajstić information content (AvgIpc) is 3.41. The summed E-state index contributed by atoms with van der Waals surface area (Å²) in [5.74, 6) is 2.23. The Bertz CT molecular complexity index is 1200. The minimum absolute atomic E-state index is 0.127. The predicted octanol–water partition coefficient (Wildman–Crippen LogP) is 5.81. The van der Waals surface area contributed by atoms with Crippen molar-refractivity contribution in [2.45, 2.75) is 30.8 Å². The molecule has 2 aromatic heterocycles. The molecular weight excluding hydrogens is 444 g/mol. The Labute approximate surface area is 204 Å². The third-order valence-corrected chi connectivity index (χ3v) is 6.22. The van der Waals surface area contributed by atoms with Crippen LogP contribution in [0.25, 0.3) is 11.3 Å². The first-order valence-corrected chi connectivity index (χ1v) is 12.3. The van der Waals surface area contributed by atoms with E-state index in [4.69, 9.17) is 14.4 Å². The van der Waals surface area contributed by atoms with Crippen LogP contribution < -0.4 is 10.2 Å². The van der Waals surface area contributed by atoms with Crippen LogP contribution in [0.15, 0.2) is 88.6 Å². The highest BCUT2D eigenvalue weighted by molar-refractivity contribution is 7.98. The third-order valence-electron chi connectivity index (χ3n) is 5.30. The number of benzene rings is 2. The summed E-state index contributed by atoms with van der Waals surface area (Å²) in [5, 5.41) is 3.60. The van der Waals surface area contributed by atoms with Gasteiger partial charge in [0.05, 0.1) is 18.5 Å². The van der Waals surface area contributed by atoms with Gasteiger partial charge < -0.3 is 14.6 Å². The minimum Gasteiger partial charge on any atom is -0.467 e. The number of hydrogen-bond donors (Lipinski definition) is 1. The van der Waals surface area contributed by atoms with E-state index in [1.807, 2.05) is 54.6 Å². The number of nitrogens with one attached hydrogen (secondary N) is 1. The van der Waals surface area contributed by atoms with E-state index in [0.717, 1.165) is 46.5 Å². The second-order valence-electron chi connectivity index (χ2n) is 7.93. The van der Waals surface area contributed by atoms with Gasteiger partial charge in [-0.3, -0.25) is 4.79 Å². The van der Waals surface area contributed by atoms with Gasteiger partial charge in [-0.05, 0) is 36.2 Å². The molecule has 0 saturated carbocycles. The summed E-state index contributed by atoms with van der Waals surface area (Å²) in [6, 6.07) is 23.5. The van der Waals surface area contributed by atoms with Gasteiger partial charge in [0, 0.05) is 36.5 Å². The first-order chi connectivity index (χ1) is 16.6. The van der Waals surface area contributed by atoms with Gasteiger partial charge in [0.1, 0.15) is 11.6 Å². The molecule has 0 aliphatic heterocycles. The summed E-state index contributed by atoms with van der Waals surface area (Å²) in [5.41, 5.74) is 3.71. The third kappa shape index (κ3) is 6.26. The summed E-state index contributed by atoms with van der Waals surface area (Å²) in [6.45, 7) is 3.46. The molecular formula is C27H28N4O2S. The molecule has 0 radical (unpaired) electrons. The van der Waals surface area contributed by atoms with Gasteiger partial charge >= 0.3 is 0 Å². The lowest BCUT2D eigenvalue weighted by atomic mass is 10.1. The van der Waals surface area contributed by atoms with Gasteiger partial charge in [-0.25, -0.2) is 9.97 Å². The van der Waals surface area contributed by atoms with Crippen molar-refractivity contribution < 1.29 is 9.21 Å². The molecule has 0 atom stereocenters. The van der Waals surface area contributed by atoms with E-state index >= 15 is 0 Å². The highest BCUT2D eigenvalue weighted by Crippen LogP contribution is 2.27. The van der Waals surface area contributed by atoms with Crippen LogP contribution in [0.1, 0.15) is 35.0 Å². The number of anilines is 1. The average molecular weight is 473 g/mol. The summed E-state index contributed by atoms with van der Waals surface area (Å²) in [7, 11) is 2.06. The maximum Gasteiger partial charge on any atom is 0.251 e. The zero-order valence-corrected chi connectivity index (χ0v) is 20.2. The van der Waals surface area contributed by atoms with Gasteiger partial charge in [-0.2, -0.15) is 0 Å². The Morgan fingerprint density at radius 3 is 2.53 bits per heavy atom.